The van der Waals surface area contributed by atoms with Gasteiger partial charge in [-0.05, 0) is 13.3 Å². The number of carboxylic acid groups (broad SMARTS) is 1. The standard InChI is InChI=1S/C10H19NO2/c1-3-4-5-8(2)11-6-9(7-11)10(12)13/h8-9H,3-7H2,1-2H3,(H,12,13)/t8-/m1/s1. The van der Waals surface area contributed by atoms with Gasteiger partial charge in [0.25, 0.3) is 0 Å². The van der Waals surface area contributed by atoms with Gasteiger partial charge < -0.3 is 5.11 Å². The van der Waals surface area contributed by atoms with Crippen LogP contribution in [-0.4, -0.2) is 35.1 Å². The molecule has 1 rings (SSSR count). The number of carboxylic acids is 1. The molecule has 0 aromatic carbocycles. The summed E-state index contributed by atoms with van der Waals surface area (Å²) in [5.74, 6) is -0.747. The van der Waals surface area contributed by atoms with E-state index >= 15 is 0 Å². The zero-order chi connectivity index (χ0) is 9.84. The lowest BCUT2D eigenvalue weighted by Gasteiger charge is -2.41. The van der Waals surface area contributed by atoms with E-state index in [9.17, 15) is 4.79 Å². The van der Waals surface area contributed by atoms with E-state index in [1.165, 1.54) is 19.3 Å². The summed E-state index contributed by atoms with van der Waals surface area (Å²) in [7, 11) is 0. The Morgan fingerprint density at radius 3 is 2.69 bits per heavy atom. The zero-order valence-electron chi connectivity index (χ0n) is 8.49. The molecule has 0 aromatic rings. The molecule has 1 fully saturated rings. The maximum atomic E-state index is 10.5. The number of aliphatic carboxylic acids is 1. The molecule has 0 aliphatic carbocycles. The number of hydrogen-bond donors (Lipinski definition) is 1. The van der Waals surface area contributed by atoms with E-state index in [-0.39, 0.29) is 5.92 Å². The molecule has 76 valence electrons. The van der Waals surface area contributed by atoms with Crippen molar-refractivity contribution < 1.29 is 9.90 Å². The molecular formula is C10H19NO2. The first kappa shape index (κ1) is 10.5. The Morgan fingerprint density at radius 1 is 1.62 bits per heavy atom. The van der Waals surface area contributed by atoms with Crippen molar-refractivity contribution in [1.82, 2.24) is 4.90 Å². The Morgan fingerprint density at radius 2 is 2.23 bits per heavy atom. The predicted octanol–water partition coefficient (Wildman–Crippen LogP) is 1.58. The van der Waals surface area contributed by atoms with Gasteiger partial charge in [0.2, 0.25) is 0 Å². The van der Waals surface area contributed by atoms with E-state index in [0.29, 0.717) is 6.04 Å². The van der Waals surface area contributed by atoms with Crippen LogP contribution < -0.4 is 0 Å². The normalized spacial score (nSPS) is 21.1. The third-order valence-corrected chi connectivity index (χ3v) is 2.86. The van der Waals surface area contributed by atoms with Crippen molar-refractivity contribution in [1.29, 1.82) is 0 Å². The first-order valence-electron chi connectivity index (χ1n) is 5.12. The highest BCUT2D eigenvalue weighted by Gasteiger charge is 2.34. The Kier molecular flexibility index (Phi) is 3.72. The fourth-order valence-corrected chi connectivity index (χ4v) is 1.71. The lowest BCUT2D eigenvalue weighted by Crippen LogP contribution is -2.53. The molecule has 3 nitrogen and oxygen atoms in total. The Labute approximate surface area is 79.7 Å². The molecule has 0 bridgehead atoms. The second-order valence-electron chi connectivity index (χ2n) is 3.98. The van der Waals surface area contributed by atoms with Gasteiger partial charge in [0, 0.05) is 19.1 Å². The third kappa shape index (κ3) is 2.69. The van der Waals surface area contributed by atoms with Gasteiger partial charge in [0.1, 0.15) is 0 Å². The maximum absolute atomic E-state index is 10.5. The number of hydrogen-bond acceptors (Lipinski definition) is 2. The van der Waals surface area contributed by atoms with E-state index in [2.05, 4.69) is 18.7 Å². The smallest absolute Gasteiger partial charge is 0.309 e. The first-order valence-corrected chi connectivity index (χ1v) is 5.12. The molecule has 1 aliphatic rings. The van der Waals surface area contributed by atoms with Gasteiger partial charge in [-0.15, -0.1) is 0 Å². The van der Waals surface area contributed by atoms with Crippen LogP contribution in [0.2, 0.25) is 0 Å². The van der Waals surface area contributed by atoms with Crippen LogP contribution in [0.15, 0.2) is 0 Å². The number of carbonyl (C=O) groups is 1. The monoisotopic (exact) mass is 185 g/mol. The number of nitrogens with zero attached hydrogens (tertiary/aromatic N) is 1. The second-order valence-corrected chi connectivity index (χ2v) is 3.98. The molecule has 0 spiro atoms. The van der Waals surface area contributed by atoms with Crippen molar-refractivity contribution in [3.8, 4) is 0 Å². The minimum Gasteiger partial charge on any atom is -0.481 e. The summed E-state index contributed by atoms with van der Waals surface area (Å²) >= 11 is 0. The quantitative estimate of drug-likeness (QED) is 0.707. The average molecular weight is 185 g/mol. The molecule has 1 saturated heterocycles. The summed E-state index contributed by atoms with van der Waals surface area (Å²) < 4.78 is 0. The van der Waals surface area contributed by atoms with Gasteiger partial charge in [0.05, 0.1) is 5.92 Å². The largest absolute Gasteiger partial charge is 0.481 e. The van der Waals surface area contributed by atoms with Crippen LogP contribution in [0.5, 0.6) is 0 Å². The molecule has 1 N–H and O–H groups in total. The van der Waals surface area contributed by atoms with Crippen molar-refractivity contribution in [2.24, 2.45) is 5.92 Å². The highest BCUT2D eigenvalue weighted by molar-refractivity contribution is 5.71. The predicted molar refractivity (Wildman–Crippen MR) is 51.7 cm³/mol. The lowest BCUT2D eigenvalue weighted by atomic mass is 9.96. The minimum absolute atomic E-state index is 0.107. The van der Waals surface area contributed by atoms with E-state index in [4.69, 9.17) is 5.11 Å². The van der Waals surface area contributed by atoms with Crippen LogP contribution in [0.25, 0.3) is 0 Å². The summed E-state index contributed by atoms with van der Waals surface area (Å²) in [5, 5.41) is 8.68. The van der Waals surface area contributed by atoms with Crippen molar-refractivity contribution in [3.05, 3.63) is 0 Å². The van der Waals surface area contributed by atoms with Gasteiger partial charge in [-0.3, -0.25) is 9.69 Å². The van der Waals surface area contributed by atoms with Gasteiger partial charge in [-0.2, -0.15) is 0 Å². The van der Waals surface area contributed by atoms with E-state index in [1.807, 2.05) is 0 Å². The molecule has 1 heterocycles. The summed E-state index contributed by atoms with van der Waals surface area (Å²) in [6.45, 7) is 5.87. The first-order chi connectivity index (χ1) is 6.15. The lowest BCUT2D eigenvalue weighted by molar-refractivity contribution is -0.148. The van der Waals surface area contributed by atoms with E-state index in [0.717, 1.165) is 13.1 Å². The molecular weight excluding hydrogens is 166 g/mol. The Balaban J connectivity index is 2.15. The summed E-state index contributed by atoms with van der Waals surface area (Å²) in [6, 6.07) is 0.565. The molecule has 3 heteroatoms. The van der Waals surface area contributed by atoms with E-state index in [1.54, 1.807) is 0 Å². The molecule has 0 amide bonds. The van der Waals surface area contributed by atoms with Gasteiger partial charge >= 0.3 is 5.97 Å². The second kappa shape index (κ2) is 4.61. The van der Waals surface area contributed by atoms with Gasteiger partial charge in [0.15, 0.2) is 0 Å². The van der Waals surface area contributed by atoms with Crippen LogP contribution in [-0.2, 0) is 4.79 Å². The Bertz CT molecular complexity index is 176. The third-order valence-electron chi connectivity index (χ3n) is 2.86. The number of rotatable bonds is 5. The van der Waals surface area contributed by atoms with Gasteiger partial charge in [-0.25, -0.2) is 0 Å². The van der Waals surface area contributed by atoms with Crippen molar-refractivity contribution in [3.63, 3.8) is 0 Å². The van der Waals surface area contributed by atoms with E-state index < -0.39 is 5.97 Å². The maximum Gasteiger partial charge on any atom is 0.309 e. The highest BCUT2D eigenvalue weighted by atomic mass is 16.4. The SMILES string of the molecule is CCCC[C@@H](C)N1CC(C(=O)O)C1. The van der Waals surface area contributed by atoms with Gasteiger partial charge in [-0.1, -0.05) is 19.8 Å². The molecule has 0 saturated carbocycles. The molecule has 0 unspecified atom stereocenters. The molecule has 0 radical (unpaired) electrons. The van der Waals surface area contributed by atoms with Crippen molar-refractivity contribution in [2.75, 3.05) is 13.1 Å². The fourth-order valence-electron chi connectivity index (χ4n) is 1.71. The topological polar surface area (TPSA) is 40.5 Å². The summed E-state index contributed by atoms with van der Waals surface area (Å²) in [5.41, 5.74) is 0. The molecule has 13 heavy (non-hydrogen) atoms. The number of unbranched alkanes of at least 4 members (excludes halogenated alkanes) is 1. The molecule has 0 aromatic heterocycles. The van der Waals surface area contributed by atoms with Crippen LogP contribution in [0, 0.1) is 5.92 Å². The summed E-state index contributed by atoms with van der Waals surface area (Å²) in [6.07, 6.45) is 3.67. The number of likely N-dealkylation sites (tertiary alicyclic amines) is 1. The Hall–Kier alpha value is -0.570. The molecule has 1 aliphatic heterocycles. The fraction of sp³-hybridized carbons (Fsp3) is 0.900. The zero-order valence-corrected chi connectivity index (χ0v) is 8.49. The van der Waals surface area contributed by atoms with Crippen LogP contribution in [0.4, 0.5) is 0 Å². The summed E-state index contributed by atoms with van der Waals surface area (Å²) in [4.78, 5) is 12.8. The van der Waals surface area contributed by atoms with Crippen molar-refractivity contribution in [2.45, 2.75) is 39.2 Å². The average Bonchev–Trinajstić information content (AvgIpc) is 1.97. The van der Waals surface area contributed by atoms with Crippen LogP contribution in [0.3, 0.4) is 0 Å². The van der Waals surface area contributed by atoms with Crippen LogP contribution >= 0.6 is 0 Å². The highest BCUT2D eigenvalue weighted by Crippen LogP contribution is 2.21. The minimum atomic E-state index is -0.640. The van der Waals surface area contributed by atoms with Crippen molar-refractivity contribution >= 4 is 5.97 Å². The molecule has 1 atom stereocenters. The van der Waals surface area contributed by atoms with Crippen LogP contribution in [0.1, 0.15) is 33.1 Å².